The Labute approximate surface area is 150 Å². The van der Waals surface area contributed by atoms with Crippen LogP contribution in [0.3, 0.4) is 0 Å². The molecule has 1 aromatic carbocycles. The number of rotatable bonds is 5. The summed E-state index contributed by atoms with van der Waals surface area (Å²) in [6.07, 6.45) is 2.57. The molecule has 130 valence electrons. The lowest BCUT2D eigenvalue weighted by molar-refractivity contribution is 0.576. The Bertz CT molecular complexity index is 1010. The first kappa shape index (κ1) is 16.4. The summed E-state index contributed by atoms with van der Waals surface area (Å²) in [4.78, 5) is 0.787. The van der Waals surface area contributed by atoms with Gasteiger partial charge in [0.05, 0.1) is 11.1 Å². The summed E-state index contributed by atoms with van der Waals surface area (Å²) < 4.78 is 30.2. The maximum Gasteiger partial charge on any atom is 0.250 e. The smallest absolute Gasteiger partial charge is 0.250 e. The second kappa shape index (κ2) is 5.76. The van der Waals surface area contributed by atoms with Gasteiger partial charge in [-0.25, -0.2) is 13.1 Å². The van der Waals surface area contributed by atoms with Crippen molar-refractivity contribution in [2.24, 2.45) is 7.05 Å². The average Bonchev–Trinajstić information content (AvgIpc) is 3.01. The molecule has 4 rings (SSSR count). The molecule has 1 aliphatic carbocycles. The summed E-state index contributed by atoms with van der Waals surface area (Å²) in [5, 5.41) is 7.91. The molecule has 0 unspecified atom stereocenters. The van der Waals surface area contributed by atoms with E-state index in [1.54, 1.807) is 30.1 Å². The van der Waals surface area contributed by atoms with Crippen LogP contribution in [0.4, 0.5) is 0 Å². The Morgan fingerprint density at radius 2 is 2.00 bits per heavy atom. The highest BCUT2D eigenvalue weighted by Gasteiger charge is 2.53. The molecule has 2 heterocycles. The van der Waals surface area contributed by atoms with Crippen molar-refractivity contribution in [3.63, 3.8) is 0 Å². The molecule has 1 N–H and O–H groups in total. The number of hydrogen-bond acceptors (Lipinski definition) is 5. The van der Waals surface area contributed by atoms with Crippen molar-refractivity contribution in [2.45, 2.75) is 29.0 Å². The van der Waals surface area contributed by atoms with Gasteiger partial charge in [-0.05, 0) is 24.1 Å². The van der Waals surface area contributed by atoms with Crippen LogP contribution in [0.15, 0.2) is 52.9 Å². The van der Waals surface area contributed by atoms with E-state index < -0.39 is 10.0 Å². The number of aromatic nitrogens is 3. The van der Waals surface area contributed by atoms with Gasteiger partial charge in [0, 0.05) is 18.5 Å². The van der Waals surface area contributed by atoms with Gasteiger partial charge in [0.25, 0.3) is 0 Å². The predicted octanol–water partition coefficient (Wildman–Crippen LogP) is 2.55. The fourth-order valence-electron chi connectivity index (χ4n) is 2.98. The van der Waals surface area contributed by atoms with E-state index in [0.717, 1.165) is 16.9 Å². The molecule has 2 aromatic heterocycles. The molecule has 0 amide bonds. The van der Waals surface area contributed by atoms with Gasteiger partial charge in [-0.2, -0.15) is 0 Å². The fourth-order valence-corrected chi connectivity index (χ4v) is 5.60. The minimum Gasteiger partial charge on any atom is -0.255 e. The number of thiophene rings is 1. The standard InChI is InChI=1S/C17H18N4O2S2/c1-17(12-6-4-3-5-7-12)10-15(17)19-25(22,23)16-9-8-14(24-16)13-11-21(2)20-18-13/h3-9,11,15,19H,10H2,1-2H3/t15-,17+/m0/s1. The Morgan fingerprint density at radius 1 is 1.24 bits per heavy atom. The first-order valence-corrected chi connectivity index (χ1v) is 10.2. The molecule has 6 nitrogen and oxygen atoms in total. The Balaban J connectivity index is 1.53. The molecular formula is C17H18N4O2S2. The highest BCUT2D eigenvalue weighted by atomic mass is 32.2. The van der Waals surface area contributed by atoms with Crippen LogP contribution in [0, 0.1) is 0 Å². The summed E-state index contributed by atoms with van der Waals surface area (Å²) in [6.45, 7) is 2.09. The van der Waals surface area contributed by atoms with Crippen LogP contribution in [0.5, 0.6) is 0 Å². The first-order valence-electron chi connectivity index (χ1n) is 7.93. The number of benzene rings is 1. The van der Waals surface area contributed by atoms with Crippen molar-refractivity contribution < 1.29 is 8.42 Å². The van der Waals surface area contributed by atoms with E-state index in [4.69, 9.17) is 0 Å². The van der Waals surface area contributed by atoms with E-state index in [9.17, 15) is 8.42 Å². The summed E-state index contributed by atoms with van der Waals surface area (Å²) in [5.74, 6) is 0. The van der Waals surface area contributed by atoms with Crippen LogP contribution in [-0.4, -0.2) is 29.5 Å². The van der Waals surface area contributed by atoms with Crippen LogP contribution in [0.2, 0.25) is 0 Å². The van der Waals surface area contributed by atoms with Gasteiger partial charge in [-0.3, -0.25) is 4.68 Å². The summed E-state index contributed by atoms with van der Waals surface area (Å²) >= 11 is 1.21. The second-order valence-electron chi connectivity index (χ2n) is 6.56. The second-order valence-corrected chi connectivity index (χ2v) is 9.58. The minimum atomic E-state index is -3.54. The van der Waals surface area contributed by atoms with Gasteiger partial charge in [0.2, 0.25) is 10.0 Å². The molecule has 8 heteroatoms. The summed E-state index contributed by atoms with van der Waals surface area (Å²) in [7, 11) is -1.76. The highest BCUT2D eigenvalue weighted by Crippen LogP contribution is 2.48. The quantitative estimate of drug-likeness (QED) is 0.745. The third-order valence-electron chi connectivity index (χ3n) is 4.67. The normalized spacial score (nSPS) is 22.9. The van der Waals surface area contributed by atoms with E-state index in [1.165, 1.54) is 11.3 Å². The van der Waals surface area contributed by atoms with Gasteiger partial charge in [0.15, 0.2) is 0 Å². The summed E-state index contributed by atoms with van der Waals surface area (Å²) in [5.41, 5.74) is 1.70. The lowest BCUT2D eigenvalue weighted by Crippen LogP contribution is -2.29. The van der Waals surface area contributed by atoms with Crippen LogP contribution in [-0.2, 0) is 22.5 Å². The van der Waals surface area contributed by atoms with Crippen LogP contribution in [0.1, 0.15) is 18.9 Å². The number of aryl methyl sites for hydroxylation is 1. The van der Waals surface area contributed by atoms with Crippen molar-refractivity contribution >= 4 is 21.4 Å². The average molecular weight is 374 g/mol. The van der Waals surface area contributed by atoms with Crippen molar-refractivity contribution in [1.82, 2.24) is 19.7 Å². The number of sulfonamides is 1. The van der Waals surface area contributed by atoms with Crippen LogP contribution in [0.25, 0.3) is 10.6 Å². The first-order chi connectivity index (χ1) is 11.9. The summed E-state index contributed by atoms with van der Waals surface area (Å²) in [6, 6.07) is 13.3. The molecule has 2 atom stereocenters. The SMILES string of the molecule is Cn1cc(-c2ccc(S(=O)(=O)N[C@H]3C[C@]3(C)c3ccccc3)s2)nn1. The van der Waals surface area contributed by atoms with Crippen molar-refractivity contribution in [3.8, 4) is 10.6 Å². The predicted molar refractivity (Wildman–Crippen MR) is 96.8 cm³/mol. The van der Waals surface area contributed by atoms with E-state index in [2.05, 4.69) is 22.0 Å². The fraction of sp³-hybridized carbons (Fsp3) is 0.294. The zero-order valence-corrected chi connectivity index (χ0v) is 15.5. The molecule has 0 aliphatic heterocycles. The lowest BCUT2D eigenvalue weighted by Gasteiger charge is -2.12. The van der Waals surface area contributed by atoms with E-state index in [-0.39, 0.29) is 11.5 Å². The molecule has 25 heavy (non-hydrogen) atoms. The molecule has 1 aliphatic rings. The third-order valence-corrected chi connectivity index (χ3v) is 7.74. The molecule has 0 saturated heterocycles. The molecule has 0 bridgehead atoms. The van der Waals surface area contributed by atoms with E-state index >= 15 is 0 Å². The Morgan fingerprint density at radius 3 is 2.68 bits per heavy atom. The molecule has 0 spiro atoms. The third kappa shape index (κ3) is 3.01. The van der Waals surface area contributed by atoms with Gasteiger partial charge >= 0.3 is 0 Å². The van der Waals surface area contributed by atoms with Gasteiger partial charge in [0.1, 0.15) is 9.90 Å². The van der Waals surface area contributed by atoms with Crippen molar-refractivity contribution in [3.05, 3.63) is 54.2 Å². The molecule has 1 saturated carbocycles. The number of nitrogens with one attached hydrogen (secondary N) is 1. The maximum absolute atomic E-state index is 12.7. The Kier molecular flexibility index (Phi) is 3.78. The highest BCUT2D eigenvalue weighted by molar-refractivity contribution is 7.91. The largest absolute Gasteiger partial charge is 0.255 e. The molecule has 3 aromatic rings. The van der Waals surface area contributed by atoms with Gasteiger partial charge in [-0.15, -0.1) is 16.4 Å². The number of nitrogens with zero attached hydrogens (tertiary/aromatic N) is 3. The Hall–Kier alpha value is -2.03. The van der Waals surface area contributed by atoms with Crippen LogP contribution >= 0.6 is 11.3 Å². The lowest BCUT2D eigenvalue weighted by atomic mass is 9.98. The van der Waals surface area contributed by atoms with Crippen molar-refractivity contribution in [1.29, 1.82) is 0 Å². The van der Waals surface area contributed by atoms with E-state index in [1.807, 2.05) is 30.3 Å². The number of hydrogen-bond donors (Lipinski definition) is 1. The van der Waals surface area contributed by atoms with Crippen LogP contribution < -0.4 is 4.72 Å². The monoisotopic (exact) mass is 374 g/mol. The topological polar surface area (TPSA) is 76.9 Å². The maximum atomic E-state index is 12.7. The van der Waals surface area contributed by atoms with E-state index in [0.29, 0.717) is 9.90 Å². The molecule has 0 radical (unpaired) electrons. The van der Waals surface area contributed by atoms with Gasteiger partial charge in [-0.1, -0.05) is 42.5 Å². The zero-order chi connectivity index (χ0) is 17.7. The van der Waals surface area contributed by atoms with Gasteiger partial charge < -0.3 is 0 Å². The molecule has 1 fully saturated rings. The molecular weight excluding hydrogens is 356 g/mol. The van der Waals surface area contributed by atoms with Crippen molar-refractivity contribution in [2.75, 3.05) is 0 Å². The minimum absolute atomic E-state index is 0.0815. The zero-order valence-electron chi connectivity index (χ0n) is 13.9.